The normalized spacial score (nSPS) is 23.2. The van der Waals surface area contributed by atoms with Gasteiger partial charge in [-0.2, -0.15) is 0 Å². The van der Waals surface area contributed by atoms with E-state index in [9.17, 15) is 19.2 Å². The smallest absolute Gasteiger partial charge is 0.324 e. The lowest BCUT2D eigenvalue weighted by Crippen LogP contribution is -2.48. The van der Waals surface area contributed by atoms with Gasteiger partial charge in [-0.15, -0.1) is 0 Å². The van der Waals surface area contributed by atoms with Crippen molar-refractivity contribution in [3.8, 4) is 0 Å². The van der Waals surface area contributed by atoms with Gasteiger partial charge >= 0.3 is 6.03 Å². The highest BCUT2D eigenvalue weighted by atomic mass is 16.2. The first-order chi connectivity index (χ1) is 14.9. The Hall–Kier alpha value is -3.68. The van der Waals surface area contributed by atoms with Crippen molar-refractivity contribution < 1.29 is 19.2 Å². The molecular formula is C23H24N4O4. The number of hydrogen-bond donors (Lipinski definition) is 2. The first-order valence-corrected chi connectivity index (χ1v) is 10.3. The van der Waals surface area contributed by atoms with Gasteiger partial charge in [0.1, 0.15) is 12.1 Å². The van der Waals surface area contributed by atoms with Crippen LogP contribution in [0.5, 0.6) is 0 Å². The topological polar surface area (TPSA) is 98.8 Å². The van der Waals surface area contributed by atoms with Gasteiger partial charge in [-0.3, -0.25) is 19.3 Å². The van der Waals surface area contributed by atoms with Gasteiger partial charge in [0.25, 0.3) is 5.91 Å². The lowest BCUT2D eigenvalue weighted by atomic mass is 9.87. The van der Waals surface area contributed by atoms with E-state index in [1.807, 2.05) is 13.0 Å². The van der Waals surface area contributed by atoms with Gasteiger partial charge in [0.2, 0.25) is 11.8 Å². The summed E-state index contributed by atoms with van der Waals surface area (Å²) in [6.07, 6.45) is 0.469. The van der Waals surface area contributed by atoms with Crippen molar-refractivity contribution in [1.82, 2.24) is 10.2 Å². The minimum Gasteiger partial charge on any atom is -0.324 e. The highest BCUT2D eigenvalue weighted by molar-refractivity contribution is 6.12. The van der Waals surface area contributed by atoms with Crippen LogP contribution in [0, 0.1) is 0 Å². The predicted octanol–water partition coefficient (Wildman–Crippen LogP) is 2.61. The SMILES string of the molecule is CCC1(c2ccccc2)NC(=O)N(CC(=O)N2c3ccccc3NC(=O)CC2C)C1=O. The number of rotatable bonds is 4. The summed E-state index contributed by atoms with van der Waals surface area (Å²) in [6, 6.07) is 15.0. The first kappa shape index (κ1) is 20.6. The average Bonchev–Trinajstić information content (AvgIpc) is 2.92. The maximum atomic E-state index is 13.3. The number of imide groups is 1. The Morgan fingerprint density at radius 2 is 1.74 bits per heavy atom. The number of carbonyl (C=O) groups is 4. The van der Waals surface area contributed by atoms with Crippen LogP contribution in [0.4, 0.5) is 16.2 Å². The van der Waals surface area contributed by atoms with Crippen LogP contribution in [0.2, 0.25) is 0 Å². The van der Waals surface area contributed by atoms with Gasteiger partial charge in [0.15, 0.2) is 0 Å². The molecule has 2 aliphatic rings. The zero-order valence-electron chi connectivity index (χ0n) is 17.4. The Morgan fingerprint density at radius 3 is 2.45 bits per heavy atom. The zero-order valence-corrected chi connectivity index (χ0v) is 17.4. The molecule has 1 saturated heterocycles. The third-order valence-electron chi connectivity index (χ3n) is 5.89. The first-order valence-electron chi connectivity index (χ1n) is 10.3. The minimum absolute atomic E-state index is 0.115. The van der Waals surface area contributed by atoms with Crippen LogP contribution in [0.25, 0.3) is 0 Å². The molecule has 31 heavy (non-hydrogen) atoms. The second kappa shape index (κ2) is 7.86. The second-order valence-electron chi connectivity index (χ2n) is 7.83. The molecule has 5 amide bonds. The van der Waals surface area contributed by atoms with E-state index in [0.29, 0.717) is 23.4 Å². The van der Waals surface area contributed by atoms with Crippen LogP contribution in [0.3, 0.4) is 0 Å². The van der Waals surface area contributed by atoms with Gasteiger partial charge in [-0.05, 0) is 31.0 Å². The lowest BCUT2D eigenvalue weighted by Gasteiger charge is -2.29. The Morgan fingerprint density at radius 1 is 1.06 bits per heavy atom. The zero-order chi connectivity index (χ0) is 22.2. The third kappa shape index (κ3) is 3.43. The molecule has 0 radical (unpaired) electrons. The fraction of sp³-hybridized carbons (Fsp3) is 0.304. The lowest BCUT2D eigenvalue weighted by molar-refractivity contribution is -0.135. The van der Waals surface area contributed by atoms with Crippen LogP contribution in [-0.4, -0.2) is 41.2 Å². The number of urea groups is 1. The molecule has 2 aromatic rings. The highest BCUT2D eigenvalue weighted by Gasteiger charge is 2.52. The van der Waals surface area contributed by atoms with E-state index >= 15 is 0 Å². The van der Waals surface area contributed by atoms with Crippen LogP contribution in [0.1, 0.15) is 32.3 Å². The van der Waals surface area contributed by atoms with Crippen molar-refractivity contribution in [2.24, 2.45) is 0 Å². The molecule has 8 nitrogen and oxygen atoms in total. The van der Waals surface area contributed by atoms with Crippen molar-refractivity contribution in [3.05, 3.63) is 60.2 Å². The molecule has 0 saturated carbocycles. The van der Waals surface area contributed by atoms with Gasteiger partial charge < -0.3 is 15.5 Å². The maximum Gasteiger partial charge on any atom is 0.325 e. The maximum absolute atomic E-state index is 13.3. The van der Waals surface area contributed by atoms with Gasteiger partial charge in [-0.25, -0.2) is 4.79 Å². The molecular weight excluding hydrogens is 396 g/mol. The monoisotopic (exact) mass is 420 g/mol. The summed E-state index contributed by atoms with van der Waals surface area (Å²) in [7, 11) is 0. The summed E-state index contributed by atoms with van der Waals surface area (Å²) in [5.74, 6) is -1.08. The quantitative estimate of drug-likeness (QED) is 0.743. The summed E-state index contributed by atoms with van der Waals surface area (Å²) in [5, 5.41) is 5.59. The number of para-hydroxylation sites is 2. The Labute approximate surface area is 180 Å². The Balaban J connectivity index is 1.64. The molecule has 0 aliphatic carbocycles. The van der Waals surface area contributed by atoms with Crippen LogP contribution in [0.15, 0.2) is 54.6 Å². The number of fused-ring (bicyclic) bond motifs is 1. The number of hydrogen-bond acceptors (Lipinski definition) is 4. The van der Waals surface area contributed by atoms with Crippen molar-refractivity contribution >= 4 is 35.1 Å². The standard InChI is InChI=1S/C23H24N4O4/c1-3-23(16-9-5-4-6-10-16)21(30)26(22(31)25-23)14-20(29)27-15(2)13-19(28)24-17-11-7-8-12-18(17)27/h4-12,15H,3,13-14H2,1-2H3,(H,24,28)(H,25,31). The molecule has 2 heterocycles. The number of carbonyl (C=O) groups excluding carboxylic acids is 4. The summed E-state index contributed by atoms with van der Waals surface area (Å²) in [5.41, 5.74) is 0.546. The number of nitrogens with zero attached hydrogens (tertiary/aromatic N) is 2. The van der Waals surface area contributed by atoms with Gasteiger partial charge in [-0.1, -0.05) is 49.4 Å². The molecule has 8 heteroatoms. The second-order valence-corrected chi connectivity index (χ2v) is 7.83. The van der Waals surface area contributed by atoms with Crippen molar-refractivity contribution in [1.29, 1.82) is 0 Å². The Kier molecular flexibility index (Phi) is 5.22. The van der Waals surface area contributed by atoms with E-state index < -0.39 is 36.0 Å². The fourth-order valence-corrected chi connectivity index (χ4v) is 4.31. The molecule has 2 unspecified atom stereocenters. The molecule has 160 valence electrons. The molecule has 2 aromatic carbocycles. The summed E-state index contributed by atoms with van der Waals surface area (Å²) < 4.78 is 0. The molecule has 0 spiro atoms. The average molecular weight is 420 g/mol. The van der Waals surface area contributed by atoms with E-state index in [1.165, 1.54) is 4.90 Å². The molecule has 2 N–H and O–H groups in total. The molecule has 2 aliphatic heterocycles. The molecule has 0 aromatic heterocycles. The van der Waals surface area contributed by atoms with E-state index in [-0.39, 0.29) is 12.3 Å². The van der Waals surface area contributed by atoms with Gasteiger partial charge in [0.05, 0.1) is 11.4 Å². The summed E-state index contributed by atoms with van der Waals surface area (Å²) in [6.45, 7) is 3.18. The fourth-order valence-electron chi connectivity index (χ4n) is 4.31. The van der Waals surface area contributed by atoms with Crippen LogP contribution >= 0.6 is 0 Å². The highest BCUT2D eigenvalue weighted by Crippen LogP contribution is 2.34. The van der Waals surface area contributed by atoms with Gasteiger partial charge in [0, 0.05) is 12.5 Å². The van der Waals surface area contributed by atoms with Crippen LogP contribution < -0.4 is 15.5 Å². The largest absolute Gasteiger partial charge is 0.325 e. The molecule has 4 rings (SSSR count). The molecule has 2 atom stereocenters. The van der Waals surface area contributed by atoms with Crippen molar-refractivity contribution in [2.45, 2.75) is 38.3 Å². The van der Waals surface area contributed by atoms with Crippen molar-refractivity contribution in [2.75, 3.05) is 16.8 Å². The number of amides is 5. The number of nitrogens with one attached hydrogen (secondary N) is 2. The van der Waals surface area contributed by atoms with E-state index in [4.69, 9.17) is 0 Å². The van der Waals surface area contributed by atoms with E-state index in [1.54, 1.807) is 55.5 Å². The number of anilines is 2. The molecule has 1 fully saturated rings. The van der Waals surface area contributed by atoms with E-state index in [0.717, 1.165) is 4.90 Å². The number of benzene rings is 2. The summed E-state index contributed by atoms with van der Waals surface area (Å²) >= 11 is 0. The predicted molar refractivity (Wildman–Crippen MR) is 115 cm³/mol. The Bertz CT molecular complexity index is 1050. The minimum atomic E-state index is -1.20. The third-order valence-corrected chi connectivity index (χ3v) is 5.89. The van der Waals surface area contributed by atoms with Crippen LogP contribution in [-0.2, 0) is 19.9 Å². The molecule has 0 bridgehead atoms. The van der Waals surface area contributed by atoms with E-state index in [2.05, 4.69) is 10.6 Å². The van der Waals surface area contributed by atoms with Crippen molar-refractivity contribution in [3.63, 3.8) is 0 Å². The summed E-state index contributed by atoms with van der Waals surface area (Å²) in [4.78, 5) is 54.1.